The molecule has 5 aliphatic heterocycles. The molecule has 18 heteroatoms. The zero-order chi connectivity index (χ0) is 47.4. The van der Waals surface area contributed by atoms with Gasteiger partial charge in [-0.1, -0.05) is 34.6 Å². The minimum Gasteiger partial charge on any atom is -0.481 e. The highest BCUT2D eigenvalue weighted by molar-refractivity contribution is 6.10. The predicted molar refractivity (Wildman–Crippen MR) is 227 cm³/mol. The van der Waals surface area contributed by atoms with Crippen molar-refractivity contribution in [3.8, 4) is 0 Å². The third kappa shape index (κ3) is 8.56. The molecular formula is C45H60N4O14. The molecule has 18 nitrogen and oxygen atoms in total. The molecule has 10 atom stereocenters. The van der Waals surface area contributed by atoms with Crippen molar-refractivity contribution in [1.29, 1.82) is 0 Å². The molecule has 8 N–H and O–H groups in total. The molecule has 5 heterocycles. The highest BCUT2D eigenvalue weighted by Crippen LogP contribution is 2.62. The number of nitrogens with zero attached hydrogens (tertiary/aromatic N) is 3. The molecule has 0 spiro atoms. The summed E-state index contributed by atoms with van der Waals surface area (Å²) in [7, 11) is 0. The van der Waals surface area contributed by atoms with E-state index in [0.29, 0.717) is 39.7 Å². The molecule has 0 amide bonds. The van der Waals surface area contributed by atoms with Crippen molar-refractivity contribution in [3.63, 3.8) is 0 Å². The average Bonchev–Trinajstić information content (AvgIpc) is 3.75. The summed E-state index contributed by atoms with van der Waals surface area (Å²) in [6.07, 6.45) is -1.45. The van der Waals surface area contributed by atoms with Crippen LogP contribution in [0.4, 0.5) is 0 Å². The van der Waals surface area contributed by atoms with Gasteiger partial charge in [0.1, 0.15) is 0 Å². The third-order valence-corrected chi connectivity index (χ3v) is 15.3. The molecule has 1 saturated heterocycles. The summed E-state index contributed by atoms with van der Waals surface area (Å²) in [6.45, 7) is 13.9. The smallest absolute Gasteiger partial charge is 0.304 e. The van der Waals surface area contributed by atoms with E-state index in [1.165, 1.54) is 0 Å². The van der Waals surface area contributed by atoms with Crippen LogP contribution in [0.1, 0.15) is 126 Å². The van der Waals surface area contributed by atoms with Crippen molar-refractivity contribution in [2.24, 2.45) is 60.3 Å². The molecule has 0 unspecified atom stereocenters. The first kappa shape index (κ1) is 48.4. The van der Waals surface area contributed by atoms with Crippen LogP contribution in [0.5, 0.6) is 0 Å². The Morgan fingerprint density at radius 2 is 1.16 bits per heavy atom. The minimum absolute atomic E-state index is 0.0202. The number of nitrogens with one attached hydrogen (secondary N) is 1. The van der Waals surface area contributed by atoms with E-state index in [4.69, 9.17) is 15.0 Å². The lowest BCUT2D eigenvalue weighted by molar-refractivity contribution is -0.143. The van der Waals surface area contributed by atoms with Crippen molar-refractivity contribution in [2.75, 3.05) is 0 Å². The van der Waals surface area contributed by atoms with Crippen LogP contribution in [-0.2, 0) is 33.6 Å². The second kappa shape index (κ2) is 17.1. The first-order valence-corrected chi connectivity index (χ1v) is 21.3. The van der Waals surface area contributed by atoms with Gasteiger partial charge in [-0.3, -0.25) is 48.5 Å². The number of allylic oxidation sites excluding steroid dienone is 6. The van der Waals surface area contributed by atoms with Crippen LogP contribution >= 0.6 is 0 Å². The quantitative estimate of drug-likeness (QED) is 0.0741. The Labute approximate surface area is 365 Å². The normalized spacial score (nSPS) is 35.7. The highest BCUT2D eigenvalue weighted by atomic mass is 16.4. The number of fused-ring (bicyclic) bond motifs is 6. The summed E-state index contributed by atoms with van der Waals surface area (Å²) >= 11 is 0. The molecule has 0 aromatic rings. The van der Waals surface area contributed by atoms with Gasteiger partial charge in [-0.05, 0) is 63.7 Å². The van der Waals surface area contributed by atoms with Gasteiger partial charge in [0.15, 0.2) is 0 Å². The third-order valence-electron chi connectivity index (χ3n) is 15.3. The Bertz CT molecular complexity index is 2220. The van der Waals surface area contributed by atoms with Crippen molar-refractivity contribution < 1.29 is 69.3 Å². The van der Waals surface area contributed by atoms with Gasteiger partial charge in [-0.15, -0.1) is 0 Å². The number of aliphatic imine (C=N–C) groups is 3. The zero-order valence-electron chi connectivity index (χ0n) is 37.1. The van der Waals surface area contributed by atoms with Gasteiger partial charge in [0.2, 0.25) is 0 Å². The van der Waals surface area contributed by atoms with Crippen LogP contribution < -0.4 is 5.32 Å². The summed E-state index contributed by atoms with van der Waals surface area (Å²) in [6, 6.07) is -1.15. The van der Waals surface area contributed by atoms with Gasteiger partial charge in [0.05, 0.1) is 30.8 Å². The van der Waals surface area contributed by atoms with Crippen molar-refractivity contribution in [2.45, 2.75) is 138 Å². The van der Waals surface area contributed by atoms with Crippen LogP contribution in [0.15, 0.2) is 49.3 Å². The maximum Gasteiger partial charge on any atom is 0.304 e. The van der Waals surface area contributed by atoms with E-state index in [9.17, 15) is 69.3 Å². The number of carboxylic acid groups (broad SMARTS) is 7. The lowest BCUT2D eigenvalue weighted by atomic mass is 9.58. The molecule has 63 heavy (non-hydrogen) atoms. The number of aliphatic carboxylic acids is 7. The van der Waals surface area contributed by atoms with E-state index in [2.05, 4.69) is 5.32 Å². The van der Waals surface area contributed by atoms with Crippen LogP contribution in [0, 0.1) is 45.3 Å². The number of carboxylic acids is 7. The Hall–Kier alpha value is -5.68. The fourth-order valence-corrected chi connectivity index (χ4v) is 11.8. The molecule has 344 valence electrons. The molecule has 0 aliphatic carbocycles. The number of rotatable bonds is 18. The lowest BCUT2D eigenvalue weighted by Gasteiger charge is -2.48. The minimum atomic E-state index is -1.63. The molecule has 8 bridgehead atoms. The second-order valence-corrected chi connectivity index (χ2v) is 19.5. The fraction of sp³-hybridized carbons (Fsp3) is 0.644. The average molecular weight is 886 g/mol. The van der Waals surface area contributed by atoms with Gasteiger partial charge < -0.3 is 41.1 Å². The lowest BCUT2D eigenvalue weighted by Crippen LogP contribution is -2.55. The number of hydrogen-bond donors (Lipinski definition) is 8. The van der Waals surface area contributed by atoms with Crippen LogP contribution in [0.2, 0.25) is 0 Å². The molecule has 0 aromatic heterocycles. The Kier molecular flexibility index (Phi) is 13.1. The van der Waals surface area contributed by atoms with E-state index < -0.39 is 131 Å². The van der Waals surface area contributed by atoms with Crippen molar-refractivity contribution >= 4 is 58.9 Å². The van der Waals surface area contributed by atoms with Gasteiger partial charge in [-0.25, -0.2) is 0 Å². The summed E-state index contributed by atoms with van der Waals surface area (Å²) < 4.78 is 0. The predicted octanol–water partition coefficient (Wildman–Crippen LogP) is 5.92. The standard InChI is InChI=1S/C45H60N4O14/c1-21-36-24(10-13-30(52)53)41(3,4)28(47-36)18-27-23(9-12-29(50)51)43(6,19-34(60)61)39(46-27)22(2)37-25(11-14-31(54)55)44(7,20-35(62)63)45(8,49-37)40-26(17-33(58)59)42(5,38(21)48-40)16-15-32(56)57/h18,23-26,40,46H,9-17,19-20H2,1-8H3,(H,50,51)(H,52,53)(H,54,55)(H,56,57)(H,58,59)(H,60,61)(H,62,63)/b27-18?,36-21?,39-22-/t23-,24-,25-,26+,40-,42-,43+,44+,45+/m1/s1/i1+1,2+1,3+1,5+1,8+1/t23-,24-,25-,26+,40-,41+,42-,43+,44+,45+. The van der Waals surface area contributed by atoms with Gasteiger partial charge in [0, 0.05) is 105 Å². The molecule has 0 radical (unpaired) electrons. The maximum atomic E-state index is 13.1. The molecule has 5 rings (SSSR count). The van der Waals surface area contributed by atoms with Crippen LogP contribution in [0.25, 0.3) is 0 Å². The van der Waals surface area contributed by atoms with Crippen LogP contribution in [0.3, 0.4) is 0 Å². The van der Waals surface area contributed by atoms with Gasteiger partial charge in [0.25, 0.3) is 0 Å². The number of hydrogen-bond acceptors (Lipinski definition) is 11. The summed E-state index contributed by atoms with van der Waals surface area (Å²) in [5.41, 5.74) is -3.60. The Balaban J connectivity index is 2.03. The van der Waals surface area contributed by atoms with E-state index in [1.807, 2.05) is 13.8 Å². The van der Waals surface area contributed by atoms with E-state index in [0.717, 1.165) is 0 Å². The van der Waals surface area contributed by atoms with E-state index in [1.54, 1.807) is 47.6 Å². The fourth-order valence-electron chi connectivity index (χ4n) is 11.8. The van der Waals surface area contributed by atoms with Gasteiger partial charge >= 0.3 is 41.8 Å². The number of carbonyl (C=O) groups is 7. The molecule has 0 aromatic carbocycles. The monoisotopic (exact) mass is 885 g/mol. The highest BCUT2D eigenvalue weighted by Gasteiger charge is 2.66. The largest absolute Gasteiger partial charge is 0.481 e. The first-order valence-electron chi connectivity index (χ1n) is 21.3. The molecular weight excluding hydrogens is 825 g/mol. The SMILES string of the molecule is C[C@]1([13CH3])C2=NC(=C([13CH3])C3=N[C@H]([C@H](CC(=O)O)[C@@]3([13CH3])CCC(=O)O)[C@]3([13CH3])N=C(/C([13CH3])=C4\NC(=C2)[C@@H](CCC(=O)O)[C@]4(C)CC(=O)O)[C@@H](CCC(=O)O)[C@]3(C)CC(=O)O)[C@H]1CCC(=O)O. The van der Waals surface area contributed by atoms with E-state index >= 15 is 0 Å². The summed E-state index contributed by atoms with van der Waals surface area (Å²) in [5, 5.41) is 75.1. The summed E-state index contributed by atoms with van der Waals surface area (Å²) in [4.78, 5) is 104. The van der Waals surface area contributed by atoms with E-state index in [-0.39, 0.29) is 44.2 Å². The first-order chi connectivity index (χ1) is 29.0. The van der Waals surface area contributed by atoms with Crippen molar-refractivity contribution in [3.05, 3.63) is 34.3 Å². The zero-order valence-corrected chi connectivity index (χ0v) is 37.1. The molecule has 0 saturated carbocycles. The topological polar surface area (TPSA) is 310 Å². The van der Waals surface area contributed by atoms with Crippen LogP contribution in [-0.4, -0.2) is 106 Å². The molecule has 1 fully saturated rings. The molecule has 5 aliphatic rings. The van der Waals surface area contributed by atoms with Crippen molar-refractivity contribution in [1.82, 2.24) is 5.32 Å². The Morgan fingerprint density at radius 1 is 0.635 bits per heavy atom. The maximum absolute atomic E-state index is 13.1. The second-order valence-electron chi connectivity index (χ2n) is 19.5. The Morgan fingerprint density at radius 3 is 1.67 bits per heavy atom. The summed E-state index contributed by atoms with van der Waals surface area (Å²) in [5.74, 6) is -11.5. The van der Waals surface area contributed by atoms with Gasteiger partial charge in [-0.2, -0.15) is 0 Å².